The Morgan fingerprint density at radius 3 is 3.00 bits per heavy atom. The van der Waals surface area contributed by atoms with Gasteiger partial charge in [0.1, 0.15) is 0 Å². The Balaban J connectivity index is 2.13. The van der Waals surface area contributed by atoms with Crippen molar-refractivity contribution in [2.24, 2.45) is 7.05 Å². The van der Waals surface area contributed by atoms with Crippen molar-refractivity contribution < 1.29 is 4.79 Å². The Morgan fingerprint density at radius 1 is 1.65 bits per heavy atom. The van der Waals surface area contributed by atoms with E-state index in [1.165, 1.54) is 0 Å². The van der Waals surface area contributed by atoms with E-state index in [-0.39, 0.29) is 5.91 Å². The fraction of sp³-hybridized carbons (Fsp3) is 0.667. The van der Waals surface area contributed by atoms with E-state index in [1.807, 2.05) is 32.0 Å². The number of carbonyl (C=O) groups excluding carboxylic acids is 1. The predicted octanol–water partition coefficient (Wildman–Crippen LogP) is 0.553. The molecule has 0 spiro atoms. The quantitative estimate of drug-likeness (QED) is 0.834. The third kappa shape index (κ3) is 2.34. The SMILES string of the molecule is CNCC1CCCN1C(=O)c1cc(C)n(C)n1. The minimum absolute atomic E-state index is 0.0615. The van der Waals surface area contributed by atoms with E-state index in [0.29, 0.717) is 11.7 Å². The number of hydrogen-bond acceptors (Lipinski definition) is 3. The van der Waals surface area contributed by atoms with Crippen molar-refractivity contribution in [3.63, 3.8) is 0 Å². The van der Waals surface area contributed by atoms with Gasteiger partial charge < -0.3 is 10.2 Å². The molecule has 1 N–H and O–H groups in total. The van der Waals surface area contributed by atoms with E-state index < -0.39 is 0 Å². The van der Waals surface area contributed by atoms with Gasteiger partial charge in [-0.25, -0.2) is 0 Å². The van der Waals surface area contributed by atoms with Crippen molar-refractivity contribution in [1.82, 2.24) is 20.0 Å². The maximum absolute atomic E-state index is 12.3. The molecule has 0 aliphatic carbocycles. The van der Waals surface area contributed by atoms with Gasteiger partial charge in [0, 0.05) is 31.9 Å². The zero-order valence-electron chi connectivity index (χ0n) is 10.7. The van der Waals surface area contributed by atoms with Crippen LogP contribution in [0.1, 0.15) is 29.0 Å². The average molecular weight is 236 g/mol. The summed E-state index contributed by atoms with van der Waals surface area (Å²) in [7, 11) is 3.78. The number of aryl methyl sites for hydroxylation is 2. The number of nitrogens with zero attached hydrogens (tertiary/aromatic N) is 3. The van der Waals surface area contributed by atoms with Crippen LogP contribution >= 0.6 is 0 Å². The lowest BCUT2D eigenvalue weighted by molar-refractivity contribution is 0.0730. The standard InChI is InChI=1S/C12H20N4O/c1-9-7-11(14-15(9)3)12(17)16-6-4-5-10(16)8-13-2/h7,10,13H,4-6,8H2,1-3H3. The van der Waals surface area contributed by atoms with E-state index in [0.717, 1.165) is 31.6 Å². The van der Waals surface area contributed by atoms with Gasteiger partial charge in [0.05, 0.1) is 0 Å². The Hall–Kier alpha value is -1.36. The van der Waals surface area contributed by atoms with Crippen molar-refractivity contribution >= 4 is 5.91 Å². The Kier molecular flexibility index (Phi) is 3.47. The van der Waals surface area contributed by atoms with Crippen LogP contribution in [0, 0.1) is 6.92 Å². The maximum atomic E-state index is 12.3. The molecule has 1 atom stereocenters. The molecule has 0 radical (unpaired) electrons. The van der Waals surface area contributed by atoms with Crippen LogP contribution in [0.25, 0.3) is 0 Å². The third-order valence-corrected chi connectivity index (χ3v) is 3.41. The highest BCUT2D eigenvalue weighted by Gasteiger charge is 2.30. The Bertz CT molecular complexity index is 393. The van der Waals surface area contributed by atoms with E-state index >= 15 is 0 Å². The van der Waals surface area contributed by atoms with Gasteiger partial charge in [-0.2, -0.15) is 5.10 Å². The van der Waals surface area contributed by atoms with Crippen LogP contribution in [-0.2, 0) is 7.05 Å². The van der Waals surface area contributed by atoms with Crippen molar-refractivity contribution in [1.29, 1.82) is 0 Å². The molecule has 0 saturated carbocycles. The molecule has 94 valence electrons. The monoisotopic (exact) mass is 236 g/mol. The summed E-state index contributed by atoms with van der Waals surface area (Å²) in [6.45, 7) is 3.66. The highest BCUT2D eigenvalue weighted by atomic mass is 16.2. The molecule has 1 unspecified atom stereocenters. The number of aromatic nitrogens is 2. The van der Waals surface area contributed by atoms with Crippen LogP contribution in [0.2, 0.25) is 0 Å². The molecule has 0 aromatic carbocycles. The molecule has 1 fully saturated rings. The highest BCUT2D eigenvalue weighted by Crippen LogP contribution is 2.19. The number of amides is 1. The summed E-state index contributed by atoms with van der Waals surface area (Å²) in [6.07, 6.45) is 2.17. The van der Waals surface area contributed by atoms with Gasteiger partial charge in [-0.1, -0.05) is 0 Å². The van der Waals surface area contributed by atoms with Crippen molar-refractivity contribution in [2.45, 2.75) is 25.8 Å². The minimum atomic E-state index is 0.0615. The molecule has 1 aliphatic rings. The molecule has 2 heterocycles. The largest absolute Gasteiger partial charge is 0.333 e. The van der Waals surface area contributed by atoms with Crippen LogP contribution < -0.4 is 5.32 Å². The lowest BCUT2D eigenvalue weighted by Gasteiger charge is -2.23. The molecule has 1 saturated heterocycles. The first-order valence-electron chi connectivity index (χ1n) is 6.09. The fourth-order valence-corrected chi connectivity index (χ4v) is 2.36. The summed E-state index contributed by atoms with van der Waals surface area (Å²) >= 11 is 0. The topological polar surface area (TPSA) is 50.2 Å². The fourth-order valence-electron chi connectivity index (χ4n) is 2.36. The zero-order chi connectivity index (χ0) is 12.4. The first kappa shape index (κ1) is 12.1. The number of likely N-dealkylation sites (N-methyl/N-ethyl adjacent to an activating group) is 1. The van der Waals surface area contributed by atoms with Crippen molar-refractivity contribution in [3.05, 3.63) is 17.5 Å². The molecule has 2 rings (SSSR count). The normalized spacial score (nSPS) is 19.9. The molecule has 1 aromatic rings. The number of carbonyl (C=O) groups is 1. The second kappa shape index (κ2) is 4.87. The lowest BCUT2D eigenvalue weighted by Crippen LogP contribution is -2.41. The van der Waals surface area contributed by atoms with Gasteiger partial charge in [-0.3, -0.25) is 9.48 Å². The second-order valence-electron chi connectivity index (χ2n) is 4.65. The van der Waals surface area contributed by atoms with Gasteiger partial charge in [0.2, 0.25) is 0 Å². The number of rotatable bonds is 3. The summed E-state index contributed by atoms with van der Waals surface area (Å²) in [5.41, 5.74) is 1.57. The second-order valence-corrected chi connectivity index (χ2v) is 4.65. The van der Waals surface area contributed by atoms with Crippen molar-refractivity contribution in [2.75, 3.05) is 20.1 Å². The van der Waals surface area contributed by atoms with Crippen molar-refractivity contribution in [3.8, 4) is 0 Å². The molecule has 17 heavy (non-hydrogen) atoms. The van der Waals surface area contributed by atoms with Crippen LogP contribution in [0.15, 0.2) is 6.07 Å². The minimum Gasteiger partial charge on any atom is -0.333 e. The summed E-state index contributed by atoms with van der Waals surface area (Å²) in [4.78, 5) is 14.3. The zero-order valence-corrected chi connectivity index (χ0v) is 10.7. The third-order valence-electron chi connectivity index (χ3n) is 3.41. The van der Waals surface area contributed by atoms with Gasteiger partial charge in [-0.05, 0) is 32.9 Å². The molecular weight excluding hydrogens is 216 g/mol. The number of nitrogens with one attached hydrogen (secondary N) is 1. The maximum Gasteiger partial charge on any atom is 0.274 e. The van der Waals surface area contributed by atoms with Gasteiger partial charge in [0.25, 0.3) is 5.91 Å². The summed E-state index contributed by atoms with van der Waals surface area (Å²) in [6, 6.07) is 2.17. The van der Waals surface area contributed by atoms with E-state index in [9.17, 15) is 4.79 Å². The van der Waals surface area contributed by atoms with Crippen LogP contribution in [0.3, 0.4) is 0 Å². The van der Waals surface area contributed by atoms with E-state index in [2.05, 4.69) is 10.4 Å². The molecule has 0 bridgehead atoms. The van der Waals surface area contributed by atoms with E-state index in [1.54, 1.807) is 4.68 Å². The summed E-state index contributed by atoms with van der Waals surface area (Å²) in [5, 5.41) is 7.40. The summed E-state index contributed by atoms with van der Waals surface area (Å²) in [5.74, 6) is 0.0615. The predicted molar refractivity (Wildman–Crippen MR) is 65.9 cm³/mol. The highest BCUT2D eigenvalue weighted by molar-refractivity contribution is 5.92. The van der Waals surface area contributed by atoms with Crippen LogP contribution in [0.5, 0.6) is 0 Å². The molecular formula is C12H20N4O. The average Bonchev–Trinajstić information content (AvgIpc) is 2.87. The van der Waals surface area contributed by atoms with Crippen LogP contribution in [0.4, 0.5) is 0 Å². The van der Waals surface area contributed by atoms with E-state index in [4.69, 9.17) is 0 Å². The first-order valence-corrected chi connectivity index (χ1v) is 6.09. The molecule has 1 aliphatic heterocycles. The molecule has 1 aromatic heterocycles. The number of likely N-dealkylation sites (tertiary alicyclic amines) is 1. The number of hydrogen-bond donors (Lipinski definition) is 1. The Labute approximate surface area is 102 Å². The van der Waals surface area contributed by atoms with Gasteiger partial charge in [-0.15, -0.1) is 0 Å². The van der Waals surface area contributed by atoms with Crippen LogP contribution in [-0.4, -0.2) is 46.8 Å². The lowest BCUT2D eigenvalue weighted by atomic mass is 10.2. The smallest absolute Gasteiger partial charge is 0.274 e. The molecule has 1 amide bonds. The molecule has 5 nitrogen and oxygen atoms in total. The molecule has 5 heteroatoms. The van der Waals surface area contributed by atoms with Gasteiger partial charge >= 0.3 is 0 Å². The first-order chi connectivity index (χ1) is 8.13. The van der Waals surface area contributed by atoms with Gasteiger partial charge in [0.15, 0.2) is 5.69 Å². The Morgan fingerprint density at radius 2 is 2.41 bits per heavy atom. The summed E-state index contributed by atoms with van der Waals surface area (Å²) < 4.78 is 1.75.